The number of aliphatic hydroxyl groups excluding tert-OH is 1. The number of piperidine rings is 1. The van der Waals surface area contributed by atoms with Crippen LogP contribution in [0.15, 0.2) is 18.2 Å². The van der Waals surface area contributed by atoms with Gasteiger partial charge in [0.2, 0.25) is 0 Å². The average molecular weight is 222 g/mol. The van der Waals surface area contributed by atoms with Crippen molar-refractivity contribution in [1.29, 1.82) is 0 Å². The topological polar surface area (TPSA) is 36.4 Å². The van der Waals surface area contributed by atoms with Crippen LogP contribution >= 0.6 is 0 Å². The van der Waals surface area contributed by atoms with Crippen molar-refractivity contribution in [1.82, 2.24) is 4.98 Å². The van der Waals surface area contributed by atoms with E-state index in [0.717, 1.165) is 37.4 Å². The molecular formula is C13H22N2O. The minimum Gasteiger partial charge on any atom is -0.393 e. The first-order chi connectivity index (χ1) is 7.75. The fourth-order valence-electron chi connectivity index (χ4n) is 1.80. The molecule has 0 radical (unpaired) electrons. The Morgan fingerprint density at radius 2 is 1.88 bits per heavy atom. The summed E-state index contributed by atoms with van der Waals surface area (Å²) in [6.07, 6.45) is 1.60. The van der Waals surface area contributed by atoms with Crippen LogP contribution in [-0.2, 0) is 0 Å². The predicted molar refractivity (Wildman–Crippen MR) is 67.8 cm³/mol. The Balaban J connectivity index is 0.000000606. The summed E-state index contributed by atoms with van der Waals surface area (Å²) in [6, 6.07) is 6.07. The van der Waals surface area contributed by atoms with E-state index in [4.69, 9.17) is 0 Å². The number of hydrogen-bond acceptors (Lipinski definition) is 3. The molecule has 2 heterocycles. The van der Waals surface area contributed by atoms with Crippen molar-refractivity contribution in [2.75, 3.05) is 18.0 Å². The van der Waals surface area contributed by atoms with Crippen molar-refractivity contribution < 1.29 is 5.11 Å². The first-order valence-electron chi connectivity index (χ1n) is 6.12. The van der Waals surface area contributed by atoms with E-state index in [1.807, 2.05) is 39.0 Å². The van der Waals surface area contributed by atoms with Crippen LogP contribution in [0.2, 0.25) is 0 Å². The molecule has 0 saturated carbocycles. The van der Waals surface area contributed by atoms with Gasteiger partial charge in [-0.3, -0.25) is 0 Å². The fraction of sp³-hybridized carbons (Fsp3) is 0.615. The molecule has 1 saturated heterocycles. The van der Waals surface area contributed by atoms with Gasteiger partial charge in [-0.2, -0.15) is 0 Å². The Morgan fingerprint density at radius 1 is 1.25 bits per heavy atom. The second-order valence-electron chi connectivity index (χ2n) is 3.86. The van der Waals surface area contributed by atoms with Crippen LogP contribution in [0, 0.1) is 6.92 Å². The molecular weight excluding hydrogens is 200 g/mol. The maximum atomic E-state index is 9.38. The zero-order valence-corrected chi connectivity index (χ0v) is 10.5. The second kappa shape index (κ2) is 6.48. The predicted octanol–water partition coefficient (Wildman–Crippen LogP) is 2.38. The van der Waals surface area contributed by atoms with E-state index >= 15 is 0 Å². The van der Waals surface area contributed by atoms with Crippen molar-refractivity contribution in [2.45, 2.75) is 39.7 Å². The molecule has 0 aromatic carbocycles. The van der Waals surface area contributed by atoms with Gasteiger partial charge in [0.05, 0.1) is 6.10 Å². The lowest BCUT2D eigenvalue weighted by Crippen LogP contribution is -2.36. The molecule has 2 rings (SSSR count). The molecule has 1 fully saturated rings. The summed E-state index contributed by atoms with van der Waals surface area (Å²) in [5, 5.41) is 9.38. The van der Waals surface area contributed by atoms with E-state index < -0.39 is 0 Å². The normalized spacial score (nSPS) is 16.6. The number of rotatable bonds is 1. The van der Waals surface area contributed by atoms with E-state index in [9.17, 15) is 5.11 Å². The number of pyridine rings is 1. The van der Waals surface area contributed by atoms with Crippen LogP contribution in [0.4, 0.5) is 5.82 Å². The Bertz CT molecular complexity index is 307. The Morgan fingerprint density at radius 3 is 2.44 bits per heavy atom. The van der Waals surface area contributed by atoms with Crippen molar-refractivity contribution in [3.8, 4) is 0 Å². The third-order valence-corrected chi connectivity index (χ3v) is 2.66. The molecule has 0 spiro atoms. The Labute approximate surface area is 98.1 Å². The molecule has 3 nitrogen and oxygen atoms in total. The number of aryl methyl sites for hydroxylation is 1. The summed E-state index contributed by atoms with van der Waals surface area (Å²) in [5.74, 6) is 1.04. The van der Waals surface area contributed by atoms with Gasteiger partial charge in [-0.1, -0.05) is 19.9 Å². The van der Waals surface area contributed by atoms with Crippen LogP contribution in [0.1, 0.15) is 32.4 Å². The van der Waals surface area contributed by atoms with Gasteiger partial charge in [0.25, 0.3) is 0 Å². The monoisotopic (exact) mass is 222 g/mol. The first-order valence-corrected chi connectivity index (χ1v) is 6.12. The molecule has 0 aliphatic carbocycles. The van der Waals surface area contributed by atoms with Crippen LogP contribution < -0.4 is 4.90 Å². The van der Waals surface area contributed by atoms with Gasteiger partial charge in [-0.05, 0) is 31.9 Å². The average Bonchev–Trinajstić information content (AvgIpc) is 2.32. The van der Waals surface area contributed by atoms with E-state index in [2.05, 4.69) is 9.88 Å². The van der Waals surface area contributed by atoms with Crippen molar-refractivity contribution in [2.24, 2.45) is 0 Å². The first kappa shape index (κ1) is 13.0. The van der Waals surface area contributed by atoms with Gasteiger partial charge < -0.3 is 10.0 Å². The van der Waals surface area contributed by atoms with Crippen LogP contribution in [-0.4, -0.2) is 29.3 Å². The molecule has 1 aromatic rings. The molecule has 0 unspecified atom stereocenters. The number of aliphatic hydroxyl groups is 1. The van der Waals surface area contributed by atoms with Crippen LogP contribution in [0.25, 0.3) is 0 Å². The highest BCUT2D eigenvalue weighted by Gasteiger charge is 2.17. The molecule has 0 bridgehead atoms. The Hall–Kier alpha value is -1.09. The summed E-state index contributed by atoms with van der Waals surface area (Å²) < 4.78 is 0. The smallest absolute Gasteiger partial charge is 0.128 e. The van der Waals surface area contributed by atoms with E-state index in [-0.39, 0.29) is 6.10 Å². The van der Waals surface area contributed by atoms with Gasteiger partial charge in [-0.15, -0.1) is 0 Å². The molecule has 3 heteroatoms. The number of hydrogen-bond donors (Lipinski definition) is 1. The number of aromatic nitrogens is 1. The maximum absolute atomic E-state index is 9.38. The molecule has 0 atom stereocenters. The molecule has 1 aliphatic heterocycles. The largest absolute Gasteiger partial charge is 0.393 e. The Kier molecular flexibility index (Phi) is 5.26. The third-order valence-electron chi connectivity index (χ3n) is 2.66. The van der Waals surface area contributed by atoms with Gasteiger partial charge in [0.15, 0.2) is 0 Å². The van der Waals surface area contributed by atoms with Crippen molar-refractivity contribution in [3.05, 3.63) is 23.9 Å². The highest BCUT2D eigenvalue weighted by molar-refractivity contribution is 5.39. The van der Waals surface area contributed by atoms with E-state index in [1.165, 1.54) is 0 Å². The molecule has 90 valence electrons. The van der Waals surface area contributed by atoms with Crippen molar-refractivity contribution in [3.63, 3.8) is 0 Å². The summed E-state index contributed by atoms with van der Waals surface area (Å²) in [4.78, 5) is 6.70. The molecule has 1 aromatic heterocycles. The molecule has 1 N–H and O–H groups in total. The SMILES string of the molecule is CC.Cc1cccc(N2CCC(O)CC2)n1. The summed E-state index contributed by atoms with van der Waals surface area (Å²) in [6.45, 7) is 7.83. The maximum Gasteiger partial charge on any atom is 0.128 e. The summed E-state index contributed by atoms with van der Waals surface area (Å²) in [5.41, 5.74) is 1.05. The summed E-state index contributed by atoms with van der Waals surface area (Å²) in [7, 11) is 0. The highest BCUT2D eigenvalue weighted by atomic mass is 16.3. The van der Waals surface area contributed by atoms with Gasteiger partial charge in [0.1, 0.15) is 5.82 Å². The minimum atomic E-state index is -0.115. The van der Waals surface area contributed by atoms with Gasteiger partial charge in [-0.25, -0.2) is 4.98 Å². The number of anilines is 1. The van der Waals surface area contributed by atoms with Crippen molar-refractivity contribution >= 4 is 5.82 Å². The van der Waals surface area contributed by atoms with Gasteiger partial charge >= 0.3 is 0 Å². The molecule has 0 amide bonds. The third kappa shape index (κ3) is 3.49. The standard InChI is InChI=1S/C11H16N2O.C2H6/c1-9-3-2-4-11(12-9)13-7-5-10(14)6-8-13;1-2/h2-4,10,14H,5-8H2,1H3;1-2H3. The fourth-order valence-corrected chi connectivity index (χ4v) is 1.80. The van der Waals surface area contributed by atoms with Gasteiger partial charge in [0, 0.05) is 18.8 Å². The second-order valence-corrected chi connectivity index (χ2v) is 3.86. The zero-order chi connectivity index (χ0) is 12.0. The quantitative estimate of drug-likeness (QED) is 0.792. The lowest BCUT2D eigenvalue weighted by molar-refractivity contribution is 0.145. The number of nitrogens with zero attached hydrogens (tertiary/aromatic N) is 2. The molecule has 16 heavy (non-hydrogen) atoms. The summed E-state index contributed by atoms with van der Waals surface area (Å²) >= 11 is 0. The van der Waals surface area contributed by atoms with E-state index in [0.29, 0.717) is 0 Å². The van der Waals surface area contributed by atoms with E-state index in [1.54, 1.807) is 0 Å². The zero-order valence-electron chi connectivity index (χ0n) is 10.5. The molecule has 1 aliphatic rings. The lowest BCUT2D eigenvalue weighted by Gasteiger charge is -2.30. The highest BCUT2D eigenvalue weighted by Crippen LogP contribution is 2.17. The lowest BCUT2D eigenvalue weighted by atomic mass is 10.1. The minimum absolute atomic E-state index is 0.115. The van der Waals surface area contributed by atoms with Crippen LogP contribution in [0.3, 0.4) is 0 Å². The van der Waals surface area contributed by atoms with Crippen LogP contribution in [0.5, 0.6) is 0 Å².